The Morgan fingerprint density at radius 3 is 2.05 bits per heavy atom. The molecular weight excluding hydrogens is 935 g/mol. The second-order valence-electron chi connectivity index (χ2n) is 21.6. The van der Waals surface area contributed by atoms with E-state index in [2.05, 4.69) is 51.6 Å². The molecule has 73 heavy (non-hydrogen) atoms. The van der Waals surface area contributed by atoms with E-state index in [1.807, 2.05) is 58.9 Å². The van der Waals surface area contributed by atoms with Crippen molar-refractivity contribution in [2.45, 2.75) is 167 Å². The molecule has 6 rings (SSSR count). The molecule has 2 fully saturated rings. The number of hydrogen-bond donors (Lipinski definition) is 5. The number of rotatable bonds is 12. The first-order valence-electron chi connectivity index (χ1n) is 25.5. The summed E-state index contributed by atoms with van der Waals surface area (Å²) in [4.78, 5) is 117. The van der Waals surface area contributed by atoms with Gasteiger partial charge in [-0.1, -0.05) is 71.0 Å². The van der Waals surface area contributed by atoms with Crippen molar-refractivity contribution in [1.82, 2.24) is 41.0 Å². The molecule has 7 amide bonds. The summed E-state index contributed by atoms with van der Waals surface area (Å²) >= 11 is 0. The van der Waals surface area contributed by atoms with Crippen LogP contribution >= 0.6 is 0 Å². The quantitative estimate of drug-likeness (QED) is 0.0738. The summed E-state index contributed by atoms with van der Waals surface area (Å²) in [6.07, 6.45) is 2.05. The minimum atomic E-state index is -1.44. The number of aryl methyl sites for hydroxylation is 1. The molecule has 4 heterocycles. The summed E-state index contributed by atoms with van der Waals surface area (Å²) in [6, 6.07) is 3.61. The number of nitrogens with zero attached hydrogens (tertiary/aromatic N) is 4. The highest BCUT2D eigenvalue weighted by Crippen LogP contribution is 2.43. The largest absolute Gasteiger partial charge is 0.371 e. The summed E-state index contributed by atoms with van der Waals surface area (Å²) in [5.74, 6) is -5.36. The Kier molecular flexibility index (Phi) is 17.6. The maximum Gasteiger partial charge on any atom is 0.272 e. The normalized spacial score (nSPS) is 26.2. The lowest BCUT2D eigenvalue weighted by molar-refractivity contribution is -0.385. The predicted molar refractivity (Wildman–Crippen MR) is 276 cm³/mol. The number of likely N-dealkylation sites (N-methyl/N-ethyl adjacent to an activating group) is 2. The minimum Gasteiger partial charge on any atom is -0.371 e. The number of nitro benzene ring substituents is 1. The number of benzene rings is 2. The number of carbonyl (C=O) groups is 7. The monoisotopic (exact) mass is 1010 g/mol. The lowest BCUT2D eigenvalue weighted by atomic mass is 9.91. The Morgan fingerprint density at radius 1 is 0.808 bits per heavy atom. The van der Waals surface area contributed by atoms with Crippen LogP contribution in [0.3, 0.4) is 0 Å². The molecule has 0 aliphatic carbocycles. The number of hydrogen-bond acceptors (Lipinski definition) is 10. The SMILES string of the molecule is C=CCC[C@@H]1NC(=O)[C@H](CC(C)C)NC(=O)[C@H](CC(C)C)N(C)C(=O)[C@H](C)NC(=O)[C@H](Cc2ccc(C)c([N+](=O)[O-])c2)NC(=O)[C@@H]2CC(C)c3c(c4ccccc4n3C(C)(C)C3CO3)C[C@H](NC1=O)C(=O)N2C. The Balaban J connectivity index is 1.54. The van der Waals surface area contributed by atoms with Crippen LogP contribution in [0, 0.1) is 28.9 Å². The van der Waals surface area contributed by atoms with E-state index in [0.717, 1.165) is 22.2 Å². The van der Waals surface area contributed by atoms with Gasteiger partial charge in [-0.25, -0.2) is 0 Å². The molecular formula is C54H75N9O10. The van der Waals surface area contributed by atoms with Gasteiger partial charge in [0.25, 0.3) is 5.69 Å². The highest BCUT2D eigenvalue weighted by molar-refractivity contribution is 5.99. The molecule has 19 heteroatoms. The number of carbonyl (C=O) groups excluding carboxylic acids is 7. The Bertz CT molecular complexity index is 2620. The fourth-order valence-corrected chi connectivity index (χ4v) is 10.5. The molecule has 0 radical (unpaired) electrons. The van der Waals surface area contributed by atoms with Gasteiger partial charge in [-0.15, -0.1) is 6.58 Å². The molecule has 3 aromatic rings. The van der Waals surface area contributed by atoms with Crippen LogP contribution in [-0.2, 0) is 56.7 Å². The van der Waals surface area contributed by atoms with Crippen molar-refractivity contribution in [3.8, 4) is 0 Å². The van der Waals surface area contributed by atoms with E-state index in [-0.39, 0.29) is 62.2 Å². The van der Waals surface area contributed by atoms with Gasteiger partial charge in [-0.2, -0.15) is 0 Å². The zero-order valence-corrected chi connectivity index (χ0v) is 44.2. The third-order valence-electron chi connectivity index (χ3n) is 14.6. The van der Waals surface area contributed by atoms with Crippen LogP contribution in [0.5, 0.6) is 0 Å². The van der Waals surface area contributed by atoms with Crippen molar-refractivity contribution in [3.05, 3.63) is 87.6 Å². The Labute approximate surface area is 428 Å². The molecule has 2 bridgehead atoms. The summed E-state index contributed by atoms with van der Waals surface area (Å²) in [5.41, 5.74) is 2.40. The van der Waals surface area contributed by atoms with Crippen molar-refractivity contribution < 1.29 is 43.2 Å². The second kappa shape index (κ2) is 23.1. The average Bonchev–Trinajstić information content (AvgIpc) is 4.14. The van der Waals surface area contributed by atoms with Crippen LogP contribution in [0.1, 0.15) is 116 Å². The van der Waals surface area contributed by atoms with Crippen molar-refractivity contribution in [2.75, 3.05) is 20.7 Å². The van der Waals surface area contributed by atoms with E-state index in [1.54, 1.807) is 25.1 Å². The van der Waals surface area contributed by atoms with Crippen LogP contribution in [0.4, 0.5) is 5.69 Å². The highest BCUT2D eigenvalue weighted by Gasteiger charge is 2.46. The number of nitrogens with one attached hydrogen (secondary N) is 5. The fourth-order valence-electron chi connectivity index (χ4n) is 10.5. The number of amides is 7. The highest BCUT2D eigenvalue weighted by atomic mass is 16.6. The van der Waals surface area contributed by atoms with Gasteiger partial charge in [-0.3, -0.25) is 43.7 Å². The number of allylic oxidation sites excluding steroid dienone is 1. The second-order valence-corrected chi connectivity index (χ2v) is 21.6. The third-order valence-corrected chi connectivity index (χ3v) is 14.6. The molecule has 1 aromatic heterocycles. The van der Waals surface area contributed by atoms with Gasteiger partial charge in [0.1, 0.15) is 48.4 Å². The van der Waals surface area contributed by atoms with E-state index >= 15 is 9.59 Å². The van der Waals surface area contributed by atoms with E-state index in [0.29, 0.717) is 24.2 Å². The van der Waals surface area contributed by atoms with Crippen molar-refractivity contribution in [1.29, 1.82) is 0 Å². The zero-order valence-electron chi connectivity index (χ0n) is 44.2. The van der Waals surface area contributed by atoms with E-state index in [1.165, 1.54) is 36.9 Å². The first-order chi connectivity index (χ1) is 34.3. The topological polar surface area (TPSA) is 247 Å². The number of ether oxygens (including phenoxy) is 1. The van der Waals surface area contributed by atoms with Gasteiger partial charge >= 0.3 is 0 Å². The number of nitro groups is 1. The van der Waals surface area contributed by atoms with Crippen molar-refractivity contribution >= 4 is 57.9 Å². The maximum atomic E-state index is 15.3. The zero-order chi connectivity index (χ0) is 53.8. The summed E-state index contributed by atoms with van der Waals surface area (Å²) < 4.78 is 8.13. The summed E-state index contributed by atoms with van der Waals surface area (Å²) in [7, 11) is 2.91. The van der Waals surface area contributed by atoms with Crippen LogP contribution in [-0.4, -0.2) is 130 Å². The third kappa shape index (κ3) is 12.6. The molecule has 5 N–H and O–H groups in total. The molecule has 19 nitrogen and oxygen atoms in total. The lowest BCUT2D eigenvalue weighted by Gasteiger charge is -2.34. The molecule has 9 atom stereocenters. The van der Waals surface area contributed by atoms with E-state index in [4.69, 9.17) is 4.74 Å². The molecule has 0 spiro atoms. The summed E-state index contributed by atoms with van der Waals surface area (Å²) in [6.45, 7) is 21.1. The maximum absolute atomic E-state index is 15.3. The van der Waals surface area contributed by atoms with Gasteiger partial charge in [0, 0.05) is 55.2 Å². The first-order valence-corrected chi connectivity index (χ1v) is 25.5. The number of para-hydroxylation sites is 1. The first kappa shape index (κ1) is 55.7. The van der Waals surface area contributed by atoms with Gasteiger partial charge in [0.05, 0.1) is 17.1 Å². The molecule has 3 aliphatic rings. The minimum absolute atomic E-state index is 0.000107. The van der Waals surface area contributed by atoms with Crippen LogP contribution in [0.2, 0.25) is 0 Å². The Morgan fingerprint density at radius 2 is 1.42 bits per heavy atom. The number of aromatic nitrogens is 1. The van der Waals surface area contributed by atoms with E-state index < -0.39 is 100 Å². The summed E-state index contributed by atoms with van der Waals surface area (Å²) in [5, 5.41) is 27.3. The number of fused-ring (bicyclic) bond motifs is 6. The van der Waals surface area contributed by atoms with Gasteiger partial charge in [0.15, 0.2) is 0 Å². The smallest absolute Gasteiger partial charge is 0.272 e. The fraction of sp³-hybridized carbons (Fsp3) is 0.574. The molecule has 2 saturated heterocycles. The molecule has 2 aromatic carbocycles. The molecule has 396 valence electrons. The number of epoxide rings is 1. The van der Waals surface area contributed by atoms with Crippen molar-refractivity contribution in [2.24, 2.45) is 11.8 Å². The van der Waals surface area contributed by atoms with Gasteiger partial charge in [0.2, 0.25) is 41.4 Å². The molecule has 2 unspecified atom stereocenters. The molecule has 3 aliphatic heterocycles. The standard InChI is InChI=1S/C54H75N9O10/c1-13-14-18-37-47(64)59-40-27-36-35-17-15-16-19-41(35)62(54(9,10)45-28-73-45)46(36)32(7)24-44(61(12)53(40)70)51(68)58-39(25-34-21-20-31(6)42(26-34)63(71)72)48(65)55-33(8)52(69)60(11)43(23-30(4)5)50(67)57-38(22-29(2)3)49(66)56-37/h13,15-17,19-21,26,29-30,32-33,37-40,43-45H,1,14,18,22-25,27-28H2,2-12H3,(H,55,65)(H,56,66)(H,57,67)(H,58,68)(H,59,64)/t32?,33-,37-,38-,39-,40-,43-,44-,45?/m0/s1. The van der Waals surface area contributed by atoms with Crippen LogP contribution in [0.25, 0.3) is 10.9 Å². The van der Waals surface area contributed by atoms with Gasteiger partial charge in [-0.05, 0) is 94.7 Å². The van der Waals surface area contributed by atoms with Gasteiger partial charge < -0.3 is 45.7 Å². The molecule has 0 saturated carbocycles. The average molecular weight is 1010 g/mol. The lowest BCUT2D eigenvalue weighted by Crippen LogP contribution is -2.60. The van der Waals surface area contributed by atoms with Crippen LogP contribution < -0.4 is 26.6 Å². The Hall–Kier alpha value is -6.63. The van der Waals surface area contributed by atoms with Crippen molar-refractivity contribution in [3.63, 3.8) is 0 Å². The van der Waals surface area contributed by atoms with Crippen LogP contribution in [0.15, 0.2) is 55.1 Å². The van der Waals surface area contributed by atoms with E-state index in [9.17, 15) is 34.1 Å². The predicted octanol–water partition coefficient (Wildman–Crippen LogP) is 4.45.